The van der Waals surface area contributed by atoms with Crippen LogP contribution in [0, 0.1) is 11.6 Å². The normalized spacial score (nSPS) is 20.0. The molecule has 2 aliphatic heterocycles. The summed E-state index contributed by atoms with van der Waals surface area (Å²) in [5.74, 6) is -0.150. The van der Waals surface area contributed by atoms with Gasteiger partial charge in [0.25, 0.3) is 12.4 Å². The van der Waals surface area contributed by atoms with Gasteiger partial charge in [-0.25, -0.2) is 8.78 Å². The van der Waals surface area contributed by atoms with Crippen LogP contribution in [0.2, 0.25) is 5.02 Å². The molecule has 1 unspecified atom stereocenters. The van der Waals surface area contributed by atoms with Crippen LogP contribution in [0.3, 0.4) is 0 Å². The summed E-state index contributed by atoms with van der Waals surface area (Å²) in [5.41, 5.74) is 2.01. The second-order valence-electron chi connectivity index (χ2n) is 9.60. The Kier molecular flexibility index (Phi) is 8.80. The van der Waals surface area contributed by atoms with E-state index in [9.17, 15) is 9.18 Å². The van der Waals surface area contributed by atoms with Crippen molar-refractivity contribution in [1.29, 1.82) is 0 Å². The van der Waals surface area contributed by atoms with Gasteiger partial charge in [-0.15, -0.1) is 0 Å². The maximum Gasteiger partial charge on any atom is 0.290 e. The third kappa shape index (κ3) is 6.53. The van der Waals surface area contributed by atoms with Gasteiger partial charge >= 0.3 is 0 Å². The van der Waals surface area contributed by atoms with Crippen LogP contribution in [0.5, 0.6) is 5.75 Å². The molecule has 2 aromatic carbocycles. The molecule has 0 radical (unpaired) electrons. The monoisotopic (exact) mass is 520 g/mol. The molecule has 1 aliphatic carbocycles. The van der Waals surface area contributed by atoms with Crippen molar-refractivity contribution >= 4 is 24.0 Å². The van der Waals surface area contributed by atoms with E-state index in [-0.39, 0.29) is 29.9 Å². The molecule has 1 N–H and O–H groups in total. The minimum absolute atomic E-state index is 0.0741. The minimum Gasteiger partial charge on any atom is -0.489 e. The number of rotatable bonds is 6. The van der Waals surface area contributed by atoms with Gasteiger partial charge in [-0.2, -0.15) is 0 Å². The van der Waals surface area contributed by atoms with E-state index in [1.165, 1.54) is 18.2 Å². The van der Waals surface area contributed by atoms with Crippen LogP contribution in [-0.2, 0) is 11.3 Å². The molecule has 6 nitrogen and oxygen atoms in total. The van der Waals surface area contributed by atoms with Crippen LogP contribution in [0.25, 0.3) is 0 Å². The summed E-state index contributed by atoms with van der Waals surface area (Å²) in [7, 11) is 0. The van der Waals surface area contributed by atoms with Crippen LogP contribution in [0.15, 0.2) is 30.3 Å². The fourth-order valence-corrected chi connectivity index (χ4v) is 5.19. The SMILES string of the molecule is O=C(c1cc(C2CC2)c(OC2CCCN(Cc3ccc(F)cc3Cl)C2)cc1F)N1CCCC1.O=CO. The first-order valence-corrected chi connectivity index (χ1v) is 12.8. The Morgan fingerprint density at radius 1 is 1.08 bits per heavy atom. The van der Waals surface area contributed by atoms with Crippen molar-refractivity contribution in [3.8, 4) is 5.75 Å². The zero-order chi connectivity index (χ0) is 25.7. The third-order valence-electron chi connectivity index (χ3n) is 6.91. The number of ether oxygens (including phenoxy) is 1. The van der Waals surface area contributed by atoms with Gasteiger partial charge in [0, 0.05) is 37.3 Å². The highest BCUT2D eigenvalue weighted by atomic mass is 35.5. The number of hydrogen-bond acceptors (Lipinski definition) is 4. The molecule has 5 rings (SSSR count). The van der Waals surface area contributed by atoms with Gasteiger partial charge in [-0.1, -0.05) is 17.7 Å². The summed E-state index contributed by atoms with van der Waals surface area (Å²) < 4.78 is 34.7. The van der Waals surface area contributed by atoms with Crippen molar-refractivity contribution in [1.82, 2.24) is 9.80 Å². The van der Waals surface area contributed by atoms with E-state index in [2.05, 4.69) is 4.90 Å². The number of likely N-dealkylation sites (tertiary alicyclic amines) is 2. The van der Waals surface area contributed by atoms with Gasteiger partial charge in [0.15, 0.2) is 0 Å². The molecular formula is C27H31ClF2N2O4. The maximum atomic E-state index is 15.0. The standard InChI is InChI=1S/C26H29ClF2N2O2.CH2O2/c27-23-12-19(28)8-7-18(23)15-30-9-3-4-20(16-30)33-25-14-24(29)22(13-21(25)17-5-6-17)26(32)31-10-1-2-11-31;2-1-3/h7-8,12-14,17,20H,1-6,9-11,15-16H2;1H,(H,2,3). The molecule has 3 aliphatic rings. The van der Waals surface area contributed by atoms with Crippen LogP contribution < -0.4 is 4.74 Å². The lowest BCUT2D eigenvalue weighted by Gasteiger charge is -2.33. The molecule has 3 fully saturated rings. The molecular weight excluding hydrogens is 490 g/mol. The maximum absolute atomic E-state index is 15.0. The predicted octanol–water partition coefficient (Wildman–Crippen LogP) is 5.48. The van der Waals surface area contributed by atoms with Crippen molar-refractivity contribution in [2.75, 3.05) is 26.2 Å². The zero-order valence-corrected chi connectivity index (χ0v) is 20.9. The Balaban J connectivity index is 0.000000967. The Hall–Kier alpha value is -2.71. The Bertz CT molecular complexity index is 1090. The van der Waals surface area contributed by atoms with Gasteiger partial charge in [0.2, 0.25) is 0 Å². The Labute approximate surface area is 214 Å². The number of hydrogen-bond donors (Lipinski definition) is 1. The van der Waals surface area contributed by atoms with Crippen LogP contribution in [0.1, 0.15) is 65.9 Å². The molecule has 1 amide bonds. The molecule has 1 atom stereocenters. The van der Waals surface area contributed by atoms with Gasteiger partial charge in [-0.3, -0.25) is 14.5 Å². The highest BCUT2D eigenvalue weighted by Crippen LogP contribution is 2.45. The van der Waals surface area contributed by atoms with E-state index >= 15 is 4.39 Å². The highest BCUT2D eigenvalue weighted by Gasteiger charge is 2.32. The van der Waals surface area contributed by atoms with E-state index in [1.54, 1.807) is 17.0 Å². The summed E-state index contributed by atoms with van der Waals surface area (Å²) in [6, 6.07) is 7.65. The van der Waals surface area contributed by atoms with Crippen molar-refractivity contribution in [3.05, 3.63) is 63.7 Å². The number of carboxylic acid groups (broad SMARTS) is 1. The Morgan fingerprint density at radius 2 is 1.81 bits per heavy atom. The molecule has 36 heavy (non-hydrogen) atoms. The molecule has 9 heteroatoms. The first-order valence-electron chi connectivity index (χ1n) is 12.4. The fourth-order valence-electron chi connectivity index (χ4n) is 4.96. The highest BCUT2D eigenvalue weighted by molar-refractivity contribution is 6.31. The minimum atomic E-state index is -0.503. The molecule has 1 saturated carbocycles. The van der Waals surface area contributed by atoms with Crippen molar-refractivity contribution < 1.29 is 28.2 Å². The number of nitrogens with zero attached hydrogens (tertiary/aromatic N) is 2. The quantitative estimate of drug-likeness (QED) is 0.511. The number of carbonyl (C=O) groups is 2. The van der Waals surface area contributed by atoms with E-state index in [0.29, 0.717) is 42.9 Å². The van der Waals surface area contributed by atoms with Gasteiger partial charge < -0.3 is 14.7 Å². The third-order valence-corrected chi connectivity index (χ3v) is 7.26. The van der Waals surface area contributed by atoms with E-state index in [0.717, 1.165) is 56.2 Å². The largest absolute Gasteiger partial charge is 0.489 e. The van der Waals surface area contributed by atoms with Gasteiger partial charge in [0.1, 0.15) is 23.5 Å². The topological polar surface area (TPSA) is 70.1 Å². The molecule has 2 aromatic rings. The number of piperidine rings is 1. The Morgan fingerprint density at radius 3 is 2.47 bits per heavy atom. The average molecular weight is 521 g/mol. The summed E-state index contributed by atoms with van der Waals surface area (Å²) in [5, 5.41) is 7.31. The molecule has 2 saturated heterocycles. The summed E-state index contributed by atoms with van der Waals surface area (Å²) >= 11 is 6.21. The summed E-state index contributed by atoms with van der Waals surface area (Å²) in [6.45, 7) is 3.36. The van der Waals surface area contributed by atoms with E-state index < -0.39 is 5.82 Å². The lowest BCUT2D eigenvalue weighted by molar-refractivity contribution is -0.122. The number of amides is 1. The first kappa shape index (κ1) is 26.4. The lowest BCUT2D eigenvalue weighted by atomic mass is 10.0. The smallest absolute Gasteiger partial charge is 0.290 e. The first-order chi connectivity index (χ1) is 17.4. The molecule has 0 aromatic heterocycles. The van der Waals surface area contributed by atoms with Crippen LogP contribution in [-0.4, -0.2) is 59.6 Å². The molecule has 194 valence electrons. The summed E-state index contributed by atoms with van der Waals surface area (Å²) in [6.07, 6.45) is 5.80. The average Bonchev–Trinajstić information content (AvgIpc) is 3.54. The number of halogens is 3. The molecule has 0 bridgehead atoms. The van der Waals surface area contributed by atoms with Gasteiger partial charge in [0.05, 0.1) is 5.56 Å². The van der Waals surface area contributed by atoms with Crippen molar-refractivity contribution in [2.45, 2.75) is 57.1 Å². The second kappa shape index (κ2) is 12.0. The van der Waals surface area contributed by atoms with Crippen LogP contribution in [0.4, 0.5) is 8.78 Å². The number of benzene rings is 2. The zero-order valence-electron chi connectivity index (χ0n) is 20.1. The molecule has 0 spiro atoms. The second-order valence-corrected chi connectivity index (χ2v) is 10.0. The van der Waals surface area contributed by atoms with Crippen molar-refractivity contribution in [2.24, 2.45) is 0 Å². The van der Waals surface area contributed by atoms with Gasteiger partial charge in [-0.05, 0) is 80.3 Å². The predicted molar refractivity (Wildman–Crippen MR) is 133 cm³/mol. The van der Waals surface area contributed by atoms with Crippen LogP contribution >= 0.6 is 11.6 Å². The molecule has 2 heterocycles. The lowest BCUT2D eigenvalue weighted by Crippen LogP contribution is -2.40. The van der Waals surface area contributed by atoms with Crippen molar-refractivity contribution in [3.63, 3.8) is 0 Å². The van der Waals surface area contributed by atoms with E-state index in [1.807, 2.05) is 0 Å². The number of carbonyl (C=O) groups excluding carboxylic acids is 1. The van der Waals surface area contributed by atoms with E-state index in [4.69, 9.17) is 26.2 Å². The fraction of sp³-hybridized carbons (Fsp3) is 0.481. The summed E-state index contributed by atoms with van der Waals surface area (Å²) in [4.78, 5) is 25.2.